The molecule has 126 valence electrons. The Bertz CT molecular complexity index is 923. The van der Waals surface area contributed by atoms with Crippen molar-refractivity contribution in [3.05, 3.63) is 71.0 Å². The van der Waals surface area contributed by atoms with Gasteiger partial charge in [0.15, 0.2) is 5.17 Å². The van der Waals surface area contributed by atoms with Gasteiger partial charge in [-0.05, 0) is 23.8 Å². The maximum Gasteiger partial charge on any atom is 0.181 e. The highest BCUT2D eigenvalue weighted by atomic mass is 35.5. The summed E-state index contributed by atoms with van der Waals surface area (Å²) in [4.78, 5) is 4.58. The number of nitrogens with zero attached hydrogens (tertiary/aromatic N) is 4. The highest BCUT2D eigenvalue weighted by Crippen LogP contribution is 2.28. The third kappa shape index (κ3) is 3.78. The molecule has 4 rings (SSSR count). The Labute approximate surface area is 154 Å². The van der Waals surface area contributed by atoms with Gasteiger partial charge in [-0.2, -0.15) is 0 Å². The lowest BCUT2D eigenvalue weighted by Crippen LogP contribution is -2.29. The topological polar surface area (TPSA) is 67.1 Å². The van der Waals surface area contributed by atoms with Crippen LogP contribution in [0.1, 0.15) is 11.3 Å². The van der Waals surface area contributed by atoms with Crippen molar-refractivity contribution in [1.82, 2.24) is 20.4 Å². The van der Waals surface area contributed by atoms with Gasteiger partial charge < -0.3 is 0 Å². The van der Waals surface area contributed by atoms with E-state index >= 15 is 0 Å². The Balaban J connectivity index is 1.39. The second kappa shape index (κ2) is 7.16. The first kappa shape index (κ1) is 16.0. The van der Waals surface area contributed by atoms with Gasteiger partial charge in [0.2, 0.25) is 0 Å². The summed E-state index contributed by atoms with van der Waals surface area (Å²) < 4.78 is 1.79. The summed E-state index contributed by atoms with van der Waals surface area (Å²) in [5, 5.41) is 9.93. The highest BCUT2D eigenvalue weighted by molar-refractivity contribution is 8.13. The maximum absolute atomic E-state index is 6.19. The quantitative estimate of drug-likeness (QED) is 0.730. The monoisotopic (exact) mass is 370 g/mol. The molecule has 0 unspecified atom stereocenters. The van der Waals surface area contributed by atoms with Crippen LogP contribution in [0.25, 0.3) is 0 Å². The van der Waals surface area contributed by atoms with Crippen molar-refractivity contribution >= 4 is 39.9 Å². The van der Waals surface area contributed by atoms with Crippen LogP contribution in [0.15, 0.2) is 59.7 Å². The molecule has 2 heterocycles. The van der Waals surface area contributed by atoms with Crippen LogP contribution >= 0.6 is 23.4 Å². The van der Waals surface area contributed by atoms with E-state index in [1.807, 2.05) is 54.7 Å². The molecule has 0 fully saturated rings. The van der Waals surface area contributed by atoms with Crippen LogP contribution in [0.4, 0.5) is 11.4 Å². The lowest BCUT2D eigenvalue weighted by molar-refractivity contribution is 0.649. The Kier molecular flexibility index (Phi) is 4.58. The van der Waals surface area contributed by atoms with E-state index in [9.17, 15) is 0 Å². The number of anilines is 1. The van der Waals surface area contributed by atoms with Gasteiger partial charge >= 0.3 is 0 Å². The number of amidine groups is 1. The number of nitrogens with one attached hydrogen (secondary N) is 2. The van der Waals surface area contributed by atoms with Gasteiger partial charge in [-0.25, -0.2) is 9.67 Å². The number of thioether (sulfide) groups is 1. The molecule has 8 heteroatoms. The first-order valence-electron chi connectivity index (χ1n) is 7.73. The average molecular weight is 371 g/mol. The third-order valence-electron chi connectivity index (χ3n) is 3.66. The molecule has 6 nitrogen and oxygen atoms in total. The number of aromatic nitrogens is 3. The number of hydrogen-bond acceptors (Lipinski definition) is 6. The Morgan fingerprint density at radius 1 is 1.04 bits per heavy atom. The number of hydrogen-bond donors (Lipinski definition) is 2. The minimum absolute atomic E-state index is 0.603. The molecule has 0 atom stereocenters. The van der Waals surface area contributed by atoms with Crippen molar-refractivity contribution in [3.8, 4) is 0 Å². The van der Waals surface area contributed by atoms with E-state index in [1.165, 1.54) is 0 Å². The van der Waals surface area contributed by atoms with E-state index in [0.717, 1.165) is 32.8 Å². The number of aliphatic imine (C=N–C) groups is 1. The minimum Gasteiger partial charge on any atom is -0.297 e. The van der Waals surface area contributed by atoms with Crippen LogP contribution < -0.4 is 10.9 Å². The van der Waals surface area contributed by atoms with Gasteiger partial charge in [0.1, 0.15) is 0 Å². The van der Waals surface area contributed by atoms with Gasteiger partial charge in [-0.3, -0.25) is 10.9 Å². The number of fused-ring (bicyclic) bond motifs is 1. The number of para-hydroxylation sites is 2. The smallest absolute Gasteiger partial charge is 0.181 e. The summed E-state index contributed by atoms with van der Waals surface area (Å²) in [6, 6.07) is 15.6. The Morgan fingerprint density at radius 2 is 1.88 bits per heavy atom. The van der Waals surface area contributed by atoms with Gasteiger partial charge in [0, 0.05) is 17.0 Å². The van der Waals surface area contributed by atoms with Gasteiger partial charge in [-0.15, -0.1) is 5.10 Å². The Morgan fingerprint density at radius 3 is 2.80 bits per heavy atom. The normalized spacial score (nSPS) is 12.8. The van der Waals surface area contributed by atoms with E-state index in [0.29, 0.717) is 12.3 Å². The molecular weight excluding hydrogens is 356 g/mol. The first-order valence-corrected chi connectivity index (χ1v) is 9.09. The third-order valence-corrected chi connectivity index (χ3v) is 4.94. The van der Waals surface area contributed by atoms with Crippen molar-refractivity contribution in [2.24, 2.45) is 4.99 Å². The molecule has 0 bridgehead atoms. The SMILES string of the molecule is Clc1ccccc1Cn1cc(CSC2=Nc3ccccc3NN2)nn1. The molecule has 1 aromatic heterocycles. The fraction of sp³-hybridized carbons (Fsp3) is 0.118. The molecule has 2 N–H and O–H groups in total. The van der Waals surface area contributed by atoms with E-state index in [1.54, 1.807) is 16.4 Å². The fourth-order valence-electron chi connectivity index (χ4n) is 2.43. The van der Waals surface area contributed by atoms with Crippen LogP contribution in [0.3, 0.4) is 0 Å². The first-order chi connectivity index (χ1) is 12.3. The predicted molar refractivity (Wildman–Crippen MR) is 102 cm³/mol. The summed E-state index contributed by atoms with van der Waals surface area (Å²) in [5.74, 6) is 0.679. The molecule has 25 heavy (non-hydrogen) atoms. The molecule has 1 aliphatic rings. The van der Waals surface area contributed by atoms with Crippen molar-refractivity contribution in [2.75, 3.05) is 5.43 Å². The molecule has 0 amide bonds. The van der Waals surface area contributed by atoms with Crippen LogP contribution in [-0.4, -0.2) is 20.2 Å². The van der Waals surface area contributed by atoms with Crippen LogP contribution in [0.5, 0.6) is 0 Å². The largest absolute Gasteiger partial charge is 0.297 e. The zero-order chi connectivity index (χ0) is 17.1. The van der Waals surface area contributed by atoms with Crippen LogP contribution in [0.2, 0.25) is 5.02 Å². The highest BCUT2D eigenvalue weighted by Gasteiger charge is 2.11. The Hall–Kier alpha value is -2.51. The van der Waals surface area contributed by atoms with Gasteiger partial charge in [-0.1, -0.05) is 58.9 Å². The van der Waals surface area contributed by atoms with E-state index in [-0.39, 0.29) is 0 Å². The molecular formula is C17H15ClN6S. The van der Waals surface area contributed by atoms with Crippen LogP contribution in [0, 0.1) is 0 Å². The summed E-state index contributed by atoms with van der Waals surface area (Å²) >= 11 is 7.76. The summed E-state index contributed by atoms with van der Waals surface area (Å²) in [6.07, 6.45) is 1.93. The summed E-state index contributed by atoms with van der Waals surface area (Å²) in [6.45, 7) is 0.603. The summed E-state index contributed by atoms with van der Waals surface area (Å²) in [5.41, 5.74) is 10.0. The van der Waals surface area contributed by atoms with E-state index in [2.05, 4.69) is 26.2 Å². The molecule has 3 aromatic rings. The minimum atomic E-state index is 0.603. The number of hydrazine groups is 1. The van der Waals surface area contributed by atoms with Crippen LogP contribution in [-0.2, 0) is 12.3 Å². The van der Waals surface area contributed by atoms with Crippen molar-refractivity contribution in [2.45, 2.75) is 12.3 Å². The number of rotatable bonds is 4. The number of halogens is 1. The average Bonchev–Trinajstić information content (AvgIpc) is 3.09. The second-order valence-electron chi connectivity index (χ2n) is 5.47. The van der Waals surface area contributed by atoms with Crippen molar-refractivity contribution in [3.63, 3.8) is 0 Å². The molecule has 0 aliphatic carbocycles. The van der Waals surface area contributed by atoms with Crippen molar-refractivity contribution in [1.29, 1.82) is 0 Å². The fourth-order valence-corrected chi connectivity index (χ4v) is 3.33. The lowest BCUT2D eigenvalue weighted by atomic mass is 10.2. The zero-order valence-corrected chi connectivity index (χ0v) is 14.8. The second-order valence-corrected chi connectivity index (χ2v) is 6.84. The molecule has 0 spiro atoms. The molecule has 0 saturated carbocycles. The summed E-state index contributed by atoms with van der Waals surface area (Å²) in [7, 11) is 0. The van der Waals surface area contributed by atoms with Gasteiger partial charge in [0.05, 0.1) is 23.6 Å². The number of benzene rings is 2. The molecule has 2 aromatic carbocycles. The lowest BCUT2D eigenvalue weighted by Gasteiger charge is -2.18. The predicted octanol–water partition coefficient (Wildman–Crippen LogP) is 3.83. The standard InChI is InChI=1S/C17H15ClN6S/c18-14-6-2-1-5-12(14)9-24-10-13(20-23-24)11-25-17-19-15-7-3-4-8-16(15)21-22-17/h1-8,10,21H,9,11H2,(H,19,22). The molecule has 0 saturated heterocycles. The van der Waals surface area contributed by atoms with Crippen molar-refractivity contribution < 1.29 is 0 Å². The maximum atomic E-state index is 6.19. The molecule has 0 radical (unpaired) electrons. The molecule has 1 aliphatic heterocycles. The van der Waals surface area contributed by atoms with E-state index in [4.69, 9.17) is 11.6 Å². The van der Waals surface area contributed by atoms with E-state index < -0.39 is 0 Å². The zero-order valence-electron chi connectivity index (χ0n) is 13.2. The van der Waals surface area contributed by atoms with Gasteiger partial charge in [0.25, 0.3) is 0 Å².